The van der Waals surface area contributed by atoms with E-state index >= 15 is 0 Å². The molecule has 1 unspecified atom stereocenters. The first kappa shape index (κ1) is 20.5. The van der Waals surface area contributed by atoms with Gasteiger partial charge in [-0.3, -0.25) is 9.69 Å². The molecule has 1 heterocycles. The third-order valence-electron chi connectivity index (χ3n) is 4.71. The van der Waals surface area contributed by atoms with Crippen LogP contribution in [0.2, 0.25) is 0 Å². The molecule has 0 bridgehead atoms. The molecule has 1 saturated heterocycles. The second-order valence-corrected chi connectivity index (χ2v) is 7.67. The maximum atomic E-state index is 13.8. The fraction of sp³-hybridized carbons (Fsp3) is 0.333. The molecule has 1 aliphatic heterocycles. The Morgan fingerprint density at radius 2 is 1.79 bits per heavy atom. The van der Waals surface area contributed by atoms with Gasteiger partial charge >= 0.3 is 5.97 Å². The normalized spacial score (nSPS) is 15.9. The first-order valence-corrected chi connectivity index (χ1v) is 9.94. The van der Waals surface area contributed by atoms with Crippen molar-refractivity contribution in [3.05, 3.63) is 69.9 Å². The van der Waals surface area contributed by atoms with E-state index in [0.29, 0.717) is 17.6 Å². The summed E-state index contributed by atoms with van der Waals surface area (Å²) in [6.07, 6.45) is -0.966. The van der Waals surface area contributed by atoms with Gasteiger partial charge in [-0.25, -0.2) is 9.18 Å². The largest absolute Gasteiger partial charge is 0.449 e. The highest BCUT2D eigenvalue weighted by Gasteiger charge is 2.28. The SMILES string of the molecule is CC(OC(=O)c1cc(Br)ccc1F)C(=O)N1CCN(Cc2ccccc2)CC1. The molecule has 1 aliphatic rings. The van der Waals surface area contributed by atoms with Gasteiger partial charge in [0.15, 0.2) is 6.10 Å². The number of piperazine rings is 1. The van der Waals surface area contributed by atoms with Crippen molar-refractivity contribution >= 4 is 27.8 Å². The number of benzene rings is 2. The molecule has 1 amide bonds. The van der Waals surface area contributed by atoms with Crippen molar-refractivity contribution in [2.45, 2.75) is 19.6 Å². The number of esters is 1. The molecule has 0 aliphatic carbocycles. The average Bonchev–Trinajstić information content (AvgIpc) is 2.70. The molecule has 0 aromatic heterocycles. The first-order valence-electron chi connectivity index (χ1n) is 9.15. The van der Waals surface area contributed by atoms with Gasteiger partial charge in [0.2, 0.25) is 0 Å². The van der Waals surface area contributed by atoms with Gasteiger partial charge < -0.3 is 9.64 Å². The molecule has 1 fully saturated rings. The zero-order valence-corrected chi connectivity index (χ0v) is 17.2. The average molecular weight is 449 g/mol. The summed E-state index contributed by atoms with van der Waals surface area (Å²) in [7, 11) is 0. The third kappa shape index (κ3) is 5.17. The lowest BCUT2D eigenvalue weighted by Gasteiger charge is -2.35. The Kier molecular flexibility index (Phi) is 6.80. The number of amides is 1. The molecule has 7 heteroatoms. The van der Waals surface area contributed by atoms with Crippen LogP contribution in [-0.4, -0.2) is 54.0 Å². The molecule has 1 atom stereocenters. The number of rotatable bonds is 5. The number of halogens is 2. The van der Waals surface area contributed by atoms with E-state index in [2.05, 4.69) is 33.0 Å². The molecule has 2 aromatic carbocycles. The predicted octanol–water partition coefficient (Wildman–Crippen LogP) is 3.48. The van der Waals surface area contributed by atoms with E-state index in [1.54, 1.807) is 4.90 Å². The van der Waals surface area contributed by atoms with E-state index in [0.717, 1.165) is 19.6 Å². The van der Waals surface area contributed by atoms with Crippen molar-refractivity contribution in [2.75, 3.05) is 26.2 Å². The van der Waals surface area contributed by atoms with Crippen LogP contribution in [-0.2, 0) is 16.1 Å². The minimum absolute atomic E-state index is 0.193. The van der Waals surface area contributed by atoms with Gasteiger partial charge in [0, 0.05) is 37.2 Å². The maximum absolute atomic E-state index is 13.8. The Balaban J connectivity index is 1.51. The summed E-state index contributed by atoms with van der Waals surface area (Å²) in [6, 6.07) is 14.2. The Hall–Kier alpha value is -2.25. The summed E-state index contributed by atoms with van der Waals surface area (Å²) < 4.78 is 19.6. The van der Waals surface area contributed by atoms with Crippen molar-refractivity contribution in [3.8, 4) is 0 Å². The lowest BCUT2D eigenvalue weighted by Crippen LogP contribution is -2.51. The van der Waals surface area contributed by atoms with Crippen molar-refractivity contribution < 1.29 is 18.7 Å². The Bertz CT molecular complexity index is 839. The van der Waals surface area contributed by atoms with Crippen molar-refractivity contribution in [2.24, 2.45) is 0 Å². The van der Waals surface area contributed by atoms with E-state index in [1.807, 2.05) is 18.2 Å². The molecule has 0 radical (unpaired) electrons. The molecule has 2 aromatic rings. The monoisotopic (exact) mass is 448 g/mol. The molecule has 0 N–H and O–H groups in total. The van der Waals surface area contributed by atoms with Crippen LogP contribution < -0.4 is 0 Å². The van der Waals surface area contributed by atoms with Crippen LogP contribution in [0, 0.1) is 5.82 Å². The fourth-order valence-electron chi connectivity index (χ4n) is 3.15. The third-order valence-corrected chi connectivity index (χ3v) is 5.21. The standard InChI is InChI=1S/C21H22BrFN2O3/c1-15(28-21(27)18-13-17(22)7-8-19(18)23)20(26)25-11-9-24(10-12-25)14-16-5-3-2-4-6-16/h2-8,13,15H,9-12,14H2,1H3. The minimum atomic E-state index is -0.966. The zero-order chi connectivity index (χ0) is 20.1. The number of hydrogen-bond acceptors (Lipinski definition) is 4. The lowest BCUT2D eigenvalue weighted by atomic mass is 10.2. The van der Waals surface area contributed by atoms with Crippen molar-refractivity contribution in [1.29, 1.82) is 0 Å². The first-order chi connectivity index (χ1) is 13.4. The van der Waals surface area contributed by atoms with Crippen LogP contribution in [0.25, 0.3) is 0 Å². The van der Waals surface area contributed by atoms with Gasteiger partial charge in [-0.15, -0.1) is 0 Å². The summed E-state index contributed by atoms with van der Waals surface area (Å²) in [5.41, 5.74) is 1.04. The Morgan fingerprint density at radius 1 is 1.11 bits per heavy atom. The van der Waals surface area contributed by atoms with Crippen LogP contribution in [0.5, 0.6) is 0 Å². The quantitative estimate of drug-likeness (QED) is 0.657. The number of carbonyl (C=O) groups is 2. The van der Waals surface area contributed by atoms with Crippen LogP contribution in [0.15, 0.2) is 53.0 Å². The fourth-order valence-corrected chi connectivity index (χ4v) is 3.51. The number of nitrogens with zero attached hydrogens (tertiary/aromatic N) is 2. The second-order valence-electron chi connectivity index (χ2n) is 6.76. The molecule has 5 nitrogen and oxygen atoms in total. The highest BCUT2D eigenvalue weighted by atomic mass is 79.9. The van der Waals surface area contributed by atoms with Gasteiger partial charge in [-0.2, -0.15) is 0 Å². The summed E-state index contributed by atoms with van der Waals surface area (Å²) in [5, 5.41) is 0. The Labute approximate surface area is 172 Å². The lowest BCUT2D eigenvalue weighted by molar-refractivity contribution is -0.141. The van der Waals surface area contributed by atoms with Gasteiger partial charge in [0.1, 0.15) is 5.82 Å². The van der Waals surface area contributed by atoms with E-state index in [-0.39, 0.29) is 11.5 Å². The highest BCUT2D eigenvalue weighted by Crippen LogP contribution is 2.18. The van der Waals surface area contributed by atoms with Gasteiger partial charge in [0.05, 0.1) is 5.56 Å². The topological polar surface area (TPSA) is 49.9 Å². The van der Waals surface area contributed by atoms with Crippen molar-refractivity contribution in [3.63, 3.8) is 0 Å². The molecule has 0 spiro atoms. The highest BCUT2D eigenvalue weighted by molar-refractivity contribution is 9.10. The van der Waals surface area contributed by atoms with Crippen LogP contribution in [0.1, 0.15) is 22.8 Å². The smallest absolute Gasteiger partial charge is 0.341 e. The second kappa shape index (κ2) is 9.30. The molecule has 3 rings (SSSR count). The minimum Gasteiger partial charge on any atom is -0.449 e. The van der Waals surface area contributed by atoms with E-state index in [4.69, 9.17) is 4.74 Å². The van der Waals surface area contributed by atoms with Crippen molar-refractivity contribution in [1.82, 2.24) is 9.80 Å². The predicted molar refractivity (Wildman–Crippen MR) is 107 cm³/mol. The van der Waals surface area contributed by atoms with Crippen LogP contribution in [0.4, 0.5) is 4.39 Å². The number of carbonyl (C=O) groups excluding carboxylic acids is 2. The van der Waals surface area contributed by atoms with Gasteiger partial charge in [-0.05, 0) is 30.7 Å². The molecular formula is C21H22BrFN2O3. The summed E-state index contributed by atoms with van der Waals surface area (Å²) in [5.74, 6) is -1.78. The number of hydrogen-bond donors (Lipinski definition) is 0. The zero-order valence-electron chi connectivity index (χ0n) is 15.6. The molecule has 148 valence electrons. The van der Waals surface area contributed by atoms with E-state index < -0.39 is 17.9 Å². The van der Waals surface area contributed by atoms with E-state index in [1.165, 1.54) is 30.7 Å². The van der Waals surface area contributed by atoms with Crippen LogP contribution in [0.3, 0.4) is 0 Å². The summed E-state index contributed by atoms with van der Waals surface area (Å²) >= 11 is 3.20. The van der Waals surface area contributed by atoms with Gasteiger partial charge in [0.25, 0.3) is 5.91 Å². The summed E-state index contributed by atoms with van der Waals surface area (Å²) in [4.78, 5) is 28.8. The Morgan fingerprint density at radius 3 is 2.46 bits per heavy atom. The molecular weight excluding hydrogens is 427 g/mol. The maximum Gasteiger partial charge on any atom is 0.341 e. The molecule has 0 saturated carbocycles. The number of ether oxygens (including phenoxy) is 1. The summed E-state index contributed by atoms with van der Waals surface area (Å²) in [6.45, 7) is 5.00. The van der Waals surface area contributed by atoms with Crippen LogP contribution >= 0.6 is 15.9 Å². The van der Waals surface area contributed by atoms with Gasteiger partial charge in [-0.1, -0.05) is 46.3 Å². The molecule has 28 heavy (non-hydrogen) atoms. The van der Waals surface area contributed by atoms with E-state index in [9.17, 15) is 14.0 Å².